The average molecular weight is 1150 g/mol. The first-order valence-corrected chi connectivity index (χ1v) is 28.1. The SMILES string of the molecule is C[C@H](CNC(=O)c1c[nH]c(=O)c2cc(S(=O)(=O)N3CCC3)ccc12)CN1CCC(Oc2ccc(Cl)c(Cl)c2)CC1.C[C@H](CNC(=O)c1c[nH]c(=O)c2ccccc12)CN1CCC(Oc2ccc(Cl)c(Cl)c2C(N)=O)CC1.[HH].[HH].[HH].[HH].[HH]. The highest BCUT2D eigenvalue weighted by atomic mass is 35.5. The second-order valence-electron chi connectivity index (χ2n) is 19.6. The van der Waals surface area contributed by atoms with E-state index in [4.69, 9.17) is 61.6 Å². The molecule has 0 radical (unpaired) electrons. The number of hydrogen-bond acceptors (Lipinski definition) is 11. The summed E-state index contributed by atoms with van der Waals surface area (Å²) in [5.41, 5.74) is 5.67. The second kappa shape index (κ2) is 25.2. The summed E-state index contributed by atoms with van der Waals surface area (Å²) in [4.78, 5) is 72.2. The molecule has 6 aromatic rings. The number of likely N-dealkylation sites (tertiary alicyclic amines) is 2. The van der Waals surface area contributed by atoms with E-state index in [0.717, 1.165) is 71.4 Å². The van der Waals surface area contributed by atoms with Crippen molar-refractivity contribution in [1.29, 1.82) is 0 Å². The van der Waals surface area contributed by atoms with Crippen LogP contribution < -0.4 is 37.0 Å². The number of halogens is 4. The van der Waals surface area contributed by atoms with Crippen LogP contribution in [0.4, 0.5) is 0 Å². The van der Waals surface area contributed by atoms with Crippen molar-refractivity contribution in [3.8, 4) is 11.5 Å². The molecule has 6 N–H and O–H groups in total. The molecule has 0 bridgehead atoms. The van der Waals surface area contributed by atoms with Gasteiger partial charge in [0.25, 0.3) is 28.8 Å². The van der Waals surface area contributed by atoms with E-state index in [-0.39, 0.29) is 74.4 Å². The quantitative estimate of drug-likeness (QED) is 0.0578. The molecule has 3 amide bonds. The number of primary amides is 1. The zero-order valence-electron chi connectivity index (χ0n) is 42.0. The van der Waals surface area contributed by atoms with Crippen LogP contribution in [0.25, 0.3) is 21.5 Å². The van der Waals surface area contributed by atoms with Gasteiger partial charge in [-0.2, -0.15) is 4.31 Å². The molecule has 0 saturated carbocycles. The fourth-order valence-corrected chi connectivity index (χ4v) is 11.8. The lowest BCUT2D eigenvalue weighted by Gasteiger charge is -2.34. The molecular weight excluding hydrogens is 1080 g/mol. The van der Waals surface area contributed by atoms with E-state index < -0.39 is 21.5 Å². The molecule has 414 valence electrons. The minimum Gasteiger partial charge on any atom is -0.490 e. The number of hydrogen-bond donors (Lipinski definition) is 5. The van der Waals surface area contributed by atoms with E-state index in [0.29, 0.717) is 75.0 Å². The first-order chi connectivity index (χ1) is 36.4. The van der Waals surface area contributed by atoms with Gasteiger partial charge in [0.15, 0.2) is 0 Å². The highest BCUT2D eigenvalue weighted by molar-refractivity contribution is 7.89. The number of amides is 3. The number of H-pyrrole nitrogens is 2. The second-order valence-corrected chi connectivity index (χ2v) is 23.2. The van der Waals surface area contributed by atoms with Gasteiger partial charge in [0.2, 0.25) is 10.0 Å². The fraction of sp³-hybridized carbons (Fsp3) is 0.389. The summed E-state index contributed by atoms with van der Waals surface area (Å²) in [6.07, 6.45) is 7.04. The van der Waals surface area contributed by atoms with Crippen LogP contribution in [0.5, 0.6) is 11.5 Å². The summed E-state index contributed by atoms with van der Waals surface area (Å²) in [6.45, 7) is 11.1. The van der Waals surface area contributed by atoms with Crippen LogP contribution in [-0.4, -0.2) is 128 Å². The van der Waals surface area contributed by atoms with Gasteiger partial charge in [-0.3, -0.25) is 24.0 Å². The van der Waals surface area contributed by atoms with Crippen molar-refractivity contribution in [3.63, 3.8) is 0 Å². The monoisotopic (exact) mass is 1150 g/mol. The number of nitrogens with one attached hydrogen (secondary N) is 4. The van der Waals surface area contributed by atoms with Crippen LogP contribution in [0, 0.1) is 11.8 Å². The molecular formula is C54H70Cl4N8O9S. The normalized spacial score (nSPS) is 16.8. The van der Waals surface area contributed by atoms with E-state index in [9.17, 15) is 32.4 Å². The lowest BCUT2D eigenvalue weighted by molar-refractivity contribution is 0.0866. The molecule has 3 fully saturated rings. The number of sulfonamides is 1. The lowest BCUT2D eigenvalue weighted by Crippen LogP contribution is -2.42. The number of nitrogens with two attached hydrogens (primary N) is 1. The Bertz CT molecular complexity index is 3370. The molecule has 9 rings (SSSR count). The number of benzene rings is 4. The number of aromatic nitrogens is 2. The molecule has 3 saturated heterocycles. The van der Waals surface area contributed by atoms with Gasteiger partial charge in [-0.25, -0.2) is 8.42 Å². The molecule has 3 aliphatic rings. The summed E-state index contributed by atoms with van der Waals surface area (Å²) in [6, 6.07) is 19.9. The van der Waals surface area contributed by atoms with Crippen LogP contribution in [-0.2, 0) is 10.0 Å². The van der Waals surface area contributed by atoms with Gasteiger partial charge in [0.05, 0.1) is 36.1 Å². The Morgan fingerprint density at radius 2 is 1.20 bits per heavy atom. The number of pyridine rings is 2. The van der Waals surface area contributed by atoms with Crippen molar-refractivity contribution in [2.24, 2.45) is 17.6 Å². The molecule has 0 aliphatic carbocycles. The largest absolute Gasteiger partial charge is 0.490 e. The van der Waals surface area contributed by atoms with Crippen molar-refractivity contribution in [2.45, 2.75) is 63.1 Å². The van der Waals surface area contributed by atoms with Crippen LogP contribution in [0.15, 0.2) is 99.7 Å². The van der Waals surface area contributed by atoms with Gasteiger partial charge >= 0.3 is 0 Å². The third kappa shape index (κ3) is 13.7. The highest BCUT2D eigenvalue weighted by Gasteiger charge is 2.31. The number of ether oxygens (including phenoxy) is 2. The Balaban J connectivity index is 0.000000403. The fourth-order valence-electron chi connectivity index (χ4n) is 9.60. The van der Waals surface area contributed by atoms with Gasteiger partial charge in [0.1, 0.15) is 29.3 Å². The maximum Gasteiger partial charge on any atom is 0.255 e. The number of aromatic amines is 2. The molecule has 22 heteroatoms. The van der Waals surface area contributed by atoms with E-state index in [1.165, 1.54) is 28.8 Å². The molecule has 3 aliphatic heterocycles. The molecule has 4 aromatic carbocycles. The zero-order chi connectivity index (χ0) is 54.3. The predicted octanol–water partition coefficient (Wildman–Crippen LogP) is 9.21. The van der Waals surface area contributed by atoms with Crippen molar-refractivity contribution in [2.75, 3.05) is 65.4 Å². The van der Waals surface area contributed by atoms with Crippen LogP contribution in [0.3, 0.4) is 0 Å². The summed E-state index contributed by atoms with van der Waals surface area (Å²) < 4.78 is 39.0. The third-order valence-electron chi connectivity index (χ3n) is 13.8. The van der Waals surface area contributed by atoms with Crippen LogP contribution in [0.1, 0.15) is 84.2 Å². The molecule has 0 spiro atoms. The summed E-state index contributed by atoms with van der Waals surface area (Å²) >= 11 is 24.2. The number of nitrogens with zero attached hydrogens (tertiary/aromatic N) is 3. The Kier molecular flexibility index (Phi) is 18.7. The highest BCUT2D eigenvalue weighted by Crippen LogP contribution is 2.35. The first-order valence-electron chi connectivity index (χ1n) is 25.2. The van der Waals surface area contributed by atoms with Crippen LogP contribution in [0.2, 0.25) is 20.1 Å². The van der Waals surface area contributed by atoms with Gasteiger partial charge in [-0.05, 0) is 86.4 Å². The lowest BCUT2D eigenvalue weighted by atomic mass is 10.0. The van der Waals surface area contributed by atoms with Crippen molar-refractivity contribution >= 4 is 95.7 Å². The first kappa shape index (κ1) is 56.5. The number of fused-ring (bicyclic) bond motifs is 2. The number of carbonyl (C=O) groups is 3. The Morgan fingerprint density at radius 3 is 1.74 bits per heavy atom. The van der Waals surface area contributed by atoms with Gasteiger partial charge in [0, 0.05) is 113 Å². The molecule has 76 heavy (non-hydrogen) atoms. The smallest absolute Gasteiger partial charge is 0.255 e. The van der Waals surface area contributed by atoms with Crippen molar-refractivity contribution in [1.82, 2.24) is 34.7 Å². The summed E-state index contributed by atoms with van der Waals surface area (Å²) in [7, 11) is -3.64. The van der Waals surface area contributed by atoms with Crippen molar-refractivity contribution < 1.29 is 39.4 Å². The average Bonchev–Trinajstić information content (AvgIpc) is 3.38. The minimum absolute atomic E-state index is 0. The maximum absolute atomic E-state index is 13.1. The standard InChI is InChI=1S/C28H32Cl2N4O5S.C26H28Cl2N4O4.5H2/c1-18(17-33-11-7-19(8-12-33)39-20-3-6-25(29)26(30)13-20)15-31-28(36)24-16-32-27(35)23-14-21(4-5-22(23)24)40(37,38)34-9-2-10-34;1-15(12-30-26(35)19-13-31-25(34)18-5-3-2-4-17(18)19)14-32-10-8-16(9-11-32)36-21-7-6-20(27)23(28)22(21)24(29)33;;;;;/h3-6,13-14,16,18-19H,2,7-12,15,17H2,1H3,(H,31,36)(H,32,35);2-7,13,15-16H,8-12,14H2,1H3,(H2,29,33)(H,30,35)(H,31,34);5*1H/t18-;15-;;;;;/m11...../s1. The van der Waals surface area contributed by atoms with Crippen molar-refractivity contribution in [3.05, 3.63) is 143 Å². The molecule has 2 aromatic heterocycles. The van der Waals surface area contributed by atoms with E-state index in [2.05, 4.69) is 44.2 Å². The third-order valence-corrected chi connectivity index (χ3v) is 17.3. The maximum atomic E-state index is 13.1. The van der Waals surface area contributed by atoms with E-state index in [1.807, 2.05) is 12.1 Å². The molecule has 2 atom stereocenters. The Morgan fingerprint density at radius 1 is 0.671 bits per heavy atom. The van der Waals surface area contributed by atoms with Gasteiger partial charge in [-0.15, -0.1) is 0 Å². The number of piperidine rings is 2. The number of carbonyl (C=O) groups excluding carboxylic acids is 3. The summed E-state index contributed by atoms with van der Waals surface area (Å²) in [5, 5.41) is 9.01. The van der Waals surface area contributed by atoms with Gasteiger partial charge < -0.3 is 45.6 Å². The van der Waals surface area contributed by atoms with E-state index >= 15 is 0 Å². The van der Waals surface area contributed by atoms with E-state index in [1.54, 1.807) is 48.5 Å². The van der Waals surface area contributed by atoms with Gasteiger partial charge in [-0.1, -0.05) is 84.5 Å². The Labute approximate surface area is 467 Å². The molecule has 17 nitrogen and oxygen atoms in total. The number of rotatable bonds is 17. The predicted molar refractivity (Wildman–Crippen MR) is 308 cm³/mol. The molecule has 5 heterocycles. The minimum atomic E-state index is -3.64. The molecule has 0 unspecified atom stereocenters. The zero-order valence-corrected chi connectivity index (χ0v) is 45.9. The Hall–Kier alpha value is -5.70. The van der Waals surface area contributed by atoms with Crippen LogP contribution >= 0.6 is 46.4 Å². The topological polar surface area (TPSA) is 229 Å². The summed E-state index contributed by atoms with van der Waals surface area (Å²) in [5.74, 6) is 0.263.